The molecule has 1 aliphatic carbocycles. The van der Waals surface area contributed by atoms with Crippen molar-refractivity contribution in [3.63, 3.8) is 0 Å². The maximum atomic E-state index is 13.9. The van der Waals surface area contributed by atoms with E-state index in [1.807, 2.05) is 29.8 Å². The third-order valence-electron chi connectivity index (χ3n) is 8.38. The molecule has 210 valence electrons. The molecular formula is C34H38N6O. The summed E-state index contributed by atoms with van der Waals surface area (Å²) in [6, 6.07) is 27.3. The fourth-order valence-electron chi connectivity index (χ4n) is 6.12. The lowest BCUT2D eigenvalue weighted by molar-refractivity contribution is 0.190. The number of aromatic nitrogens is 5. The SMILES string of the molecule is Cc1ccc2cc([C@H](c3nnnn3C3CCCC3)N(Cc3ccccc3)Cc3ccc(C(C)C)cc3)c(=O)[nH]c2c1. The maximum absolute atomic E-state index is 13.9. The number of H-pyrrole nitrogens is 1. The van der Waals surface area contributed by atoms with Gasteiger partial charge < -0.3 is 4.98 Å². The maximum Gasteiger partial charge on any atom is 0.253 e. The predicted molar refractivity (Wildman–Crippen MR) is 163 cm³/mol. The van der Waals surface area contributed by atoms with Gasteiger partial charge in [0.05, 0.1) is 6.04 Å². The van der Waals surface area contributed by atoms with Gasteiger partial charge >= 0.3 is 0 Å². The Morgan fingerprint density at radius 2 is 1.63 bits per heavy atom. The van der Waals surface area contributed by atoms with E-state index in [0.29, 0.717) is 24.6 Å². The van der Waals surface area contributed by atoms with Crippen LogP contribution < -0.4 is 5.56 Å². The van der Waals surface area contributed by atoms with Crippen LogP contribution in [0.2, 0.25) is 0 Å². The van der Waals surface area contributed by atoms with Crippen molar-refractivity contribution in [2.75, 3.05) is 0 Å². The number of hydrogen-bond acceptors (Lipinski definition) is 5. The first kappa shape index (κ1) is 27.1. The van der Waals surface area contributed by atoms with Crippen LogP contribution in [-0.4, -0.2) is 30.1 Å². The highest BCUT2D eigenvalue weighted by atomic mass is 16.1. The monoisotopic (exact) mass is 546 g/mol. The number of benzene rings is 3. The van der Waals surface area contributed by atoms with Crippen molar-refractivity contribution in [1.82, 2.24) is 30.1 Å². The largest absolute Gasteiger partial charge is 0.322 e. The molecule has 7 nitrogen and oxygen atoms in total. The molecule has 0 bridgehead atoms. The van der Waals surface area contributed by atoms with Crippen molar-refractivity contribution in [1.29, 1.82) is 0 Å². The van der Waals surface area contributed by atoms with Crippen LogP contribution >= 0.6 is 0 Å². The van der Waals surface area contributed by atoms with Gasteiger partial charge in [-0.1, -0.05) is 93.4 Å². The molecular weight excluding hydrogens is 508 g/mol. The lowest BCUT2D eigenvalue weighted by atomic mass is 9.99. The van der Waals surface area contributed by atoms with E-state index < -0.39 is 6.04 Å². The Bertz CT molecular complexity index is 1670. The molecule has 5 aromatic rings. The minimum Gasteiger partial charge on any atom is -0.322 e. The van der Waals surface area contributed by atoms with Gasteiger partial charge in [-0.05, 0) is 75.9 Å². The third kappa shape index (κ3) is 5.86. The molecule has 0 saturated heterocycles. The Balaban J connectivity index is 1.51. The van der Waals surface area contributed by atoms with Crippen molar-refractivity contribution in [2.24, 2.45) is 0 Å². The number of nitrogens with one attached hydrogen (secondary N) is 1. The average molecular weight is 547 g/mol. The number of hydrogen-bond donors (Lipinski definition) is 1. The first-order valence-corrected chi connectivity index (χ1v) is 14.7. The van der Waals surface area contributed by atoms with E-state index in [9.17, 15) is 4.79 Å². The Hall–Kier alpha value is -4.10. The van der Waals surface area contributed by atoms with Crippen molar-refractivity contribution >= 4 is 10.9 Å². The van der Waals surface area contributed by atoms with Crippen LogP contribution in [0.3, 0.4) is 0 Å². The summed E-state index contributed by atoms with van der Waals surface area (Å²) in [6.07, 6.45) is 4.43. The Morgan fingerprint density at radius 3 is 2.34 bits per heavy atom. The molecule has 1 N–H and O–H groups in total. The van der Waals surface area contributed by atoms with Crippen molar-refractivity contribution < 1.29 is 0 Å². The van der Waals surface area contributed by atoms with E-state index >= 15 is 0 Å². The van der Waals surface area contributed by atoms with Crippen molar-refractivity contribution in [3.8, 4) is 0 Å². The molecule has 0 unspecified atom stereocenters. The average Bonchev–Trinajstić information content (AvgIpc) is 3.67. The molecule has 41 heavy (non-hydrogen) atoms. The van der Waals surface area contributed by atoms with Crippen LogP contribution in [0, 0.1) is 6.92 Å². The molecule has 0 amide bonds. The fourth-order valence-corrected chi connectivity index (χ4v) is 6.12. The molecule has 2 aromatic heterocycles. The quantitative estimate of drug-likeness (QED) is 0.219. The van der Waals surface area contributed by atoms with E-state index in [1.165, 1.54) is 29.5 Å². The summed E-state index contributed by atoms with van der Waals surface area (Å²) in [7, 11) is 0. The highest BCUT2D eigenvalue weighted by Gasteiger charge is 2.33. The number of rotatable bonds is 9. The van der Waals surface area contributed by atoms with Gasteiger partial charge in [-0.15, -0.1) is 5.10 Å². The summed E-state index contributed by atoms with van der Waals surface area (Å²) in [5.74, 6) is 1.19. The summed E-state index contributed by atoms with van der Waals surface area (Å²) in [5, 5.41) is 14.3. The Kier molecular flexibility index (Phi) is 7.79. The van der Waals surface area contributed by atoms with Crippen LogP contribution in [0.5, 0.6) is 0 Å². The zero-order valence-corrected chi connectivity index (χ0v) is 24.1. The van der Waals surface area contributed by atoms with E-state index in [1.54, 1.807) is 0 Å². The second kappa shape index (κ2) is 11.8. The molecule has 7 heteroatoms. The molecule has 0 radical (unpaired) electrons. The summed E-state index contributed by atoms with van der Waals surface area (Å²) >= 11 is 0. The molecule has 6 rings (SSSR count). The minimum absolute atomic E-state index is 0.109. The van der Waals surface area contributed by atoms with Gasteiger partial charge in [-0.25, -0.2) is 4.68 Å². The summed E-state index contributed by atoms with van der Waals surface area (Å²) in [6.45, 7) is 7.74. The summed E-state index contributed by atoms with van der Waals surface area (Å²) in [5.41, 5.74) is 6.16. The highest BCUT2D eigenvalue weighted by Crippen LogP contribution is 2.35. The van der Waals surface area contributed by atoms with Crippen LogP contribution in [0.1, 0.15) is 91.2 Å². The molecule has 1 aliphatic rings. The predicted octanol–water partition coefficient (Wildman–Crippen LogP) is 6.85. The molecule has 1 atom stereocenters. The van der Waals surface area contributed by atoms with Gasteiger partial charge in [0.2, 0.25) is 0 Å². The zero-order chi connectivity index (χ0) is 28.3. The first-order valence-electron chi connectivity index (χ1n) is 14.7. The van der Waals surface area contributed by atoms with E-state index in [0.717, 1.165) is 35.1 Å². The van der Waals surface area contributed by atoms with E-state index in [4.69, 9.17) is 0 Å². The molecule has 0 spiro atoms. The number of pyridine rings is 1. The van der Waals surface area contributed by atoms with Gasteiger partial charge in [0.1, 0.15) is 6.04 Å². The van der Waals surface area contributed by atoms with Crippen molar-refractivity contribution in [2.45, 2.75) is 77.5 Å². The normalized spacial score (nSPS) is 14.9. The fraction of sp³-hybridized carbons (Fsp3) is 0.353. The summed E-state index contributed by atoms with van der Waals surface area (Å²) in [4.78, 5) is 19.4. The second-order valence-corrected chi connectivity index (χ2v) is 11.8. The van der Waals surface area contributed by atoms with Crippen LogP contribution in [0.15, 0.2) is 83.7 Å². The van der Waals surface area contributed by atoms with Gasteiger partial charge in [0.15, 0.2) is 5.82 Å². The molecule has 1 saturated carbocycles. The smallest absolute Gasteiger partial charge is 0.253 e. The highest BCUT2D eigenvalue weighted by molar-refractivity contribution is 5.79. The number of aromatic amines is 1. The third-order valence-corrected chi connectivity index (χ3v) is 8.38. The van der Waals surface area contributed by atoms with Crippen LogP contribution in [-0.2, 0) is 13.1 Å². The molecule has 3 aromatic carbocycles. The van der Waals surface area contributed by atoms with Crippen molar-refractivity contribution in [3.05, 3.63) is 123 Å². The molecule has 2 heterocycles. The summed E-state index contributed by atoms with van der Waals surface area (Å²) < 4.78 is 2.00. The Morgan fingerprint density at radius 1 is 0.927 bits per heavy atom. The molecule has 1 fully saturated rings. The second-order valence-electron chi connectivity index (χ2n) is 11.8. The van der Waals surface area contributed by atoms with Gasteiger partial charge in [0, 0.05) is 24.2 Å². The van der Waals surface area contributed by atoms with Crippen LogP contribution in [0.25, 0.3) is 10.9 Å². The van der Waals surface area contributed by atoms with E-state index in [-0.39, 0.29) is 11.6 Å². The standard InChI is InChI=1S/C34H38N6O/c1-23(2)27-17-14-26(15-18-27)22-39(21-25-9-5-4-6-10-25)32(33-36-37-38-40(33)29-11-7-8-12-29)30-20-28-16-13-24(3)19-31(28)35-34(30)41/h4-6,9-10,13-20,23,29,32H,7-8,11-12,21-22H2,1-3H3,(H,35,41)/t32-/m1/s1. The number of aryl methyl sites for hydroxylation is 1. The van der Waals surface area contributed by atoms with Gasteiger partial charge in [-0.2, -0.15) is 0 Å². The number of nitrogens with zero attached hydrogens (tertiary/aromatic N) is 5. The lowest BCUT2D eigenvalue weighted by Gasteiger charge is -2.32. The van der Waals surface area contributed by atoms with Gasteiger partial charge in [0.25, 0.3) is 5.56 Å². The minimum atomic E-state index is -0.440. The van der Waals surface area contributed by atoms with Crippen LogP contribution in [0.4, 0.5) is 0 Å². The van der Waals surface area contributed by atoms with Gasteiger partial charge in [-0.3, -0.25) is 9.69 Å². The Labute approximate surface area is 241 Å². The van der Waals surface area contributed by atoms with E-state index in [2.05, 4.69) is 99.9 Å². The molecule has 0 aliphatic heterocycles. The topological polar surface area (TPSA) is 79.7 Å². The first-order chi connectivity index (χ1) is 20.0. The number of fused-ring (bicyclic) bond motifs is 1. The number of tetrazole rings is 1. The zero-order valence-electron chi connectivity index (χ0n) is 24.1. The lowest BCUT2D eigenvalue weighted by Crippen LogP contribution is -2.35.